The lowest BCUT2D eigenvalue weighted by atomic mass is 10.2. The zero-order chi connectivity index (χ0) is 18.2. The molecule has 3 aromatic rings. The average Bonchev–Trinajstić information content (AvgIpc) is 2.87. The van der Waals surface area contributed by atoms with Crippen LogP contribution in [-0.2, 0) is 15.6 Å². The van der Waals surface area contributed by atoms with Crippen LogP contribution in [0, 0.1) is 12.7 Å². The fraction of sp³-hybridized carbons (Fsp3) is 0.176. The van der Waals surface area contributed by atoms with E-state index in [1.807, 2.05) is 6.07 Å². The second-order valence-electron chi connectivity index (χ2n) is 5.75. The lowest BCUT2D eigenvalue weighted by molar-refractivity contribution is 0.102. The van der Waals surface area contributed by atoms with Crippen LogP contribution >= 0.6 is 0 Å². The van der Waals surface area contributed by atoms with E-state index >= 15 is 0 Å². The molecule has 0 radical (unpaired) electrons. The van der Waals surface area contributed by atoms with Gasteiger partial charge in [0.25, 0.3) is 5.91 Å². The van der Waals surface area contributed by atoms with Gasteiger partial charge in [-0.2, -0.15) is 0 Å². The van der Waals surface area contributed by atoms with Crippen LogP contribution in [0.3, 0.4) is 0 Å². The lowest BCUT2D eigenvalue weighted by Gasteiger charge is -2.11. The van der Waals surface area contributed by atoms with Crippen LogP contribution in [0.15, 0.2) is 42.6 Å². The Morgan fingerprint density at radius 1 is 1.24 bits per heavy atom. The summed E-state index contributed by atoms with van der Waals surface area (Å²) in [6.07, 6.45) is 2.79. The van der Waals surface area contributed by atoms with E-state index in [0.717, 1.165) is 12.3 Å². The highest BCUT2D eigenvalue weighted by Gasteiger charge is 2.19. The first kappa shape index (κ1) is 17.1. The highest BCUT2D eigenvalue weighted by atomic mass is 32.2. The molecule has 0 saturated heterocycles. The summed E-state index contributed by atoms with van der Waals surface area (Å²) in [4.78, 5) is 16.9. The number of aryl methyl sites for hydroxylation is 1. The Morgan fingerprint density at radius 3 is 2.72 bits per heavy atom. The van der Waals surface area contributed by atoms with Gasteiger partial charge < -0.3 is 9.72 Å². The first-order valence-corrected chi connectivity index (χ1v) is 9.52. The van der Waals surface area contributed by atoms with Crippen LogP contribution in [-0.4, -0.2) is 30.0 Å². The van der Waals surface area contributed by atoms with E-state index in [4.69, 9.17) is 0 Å². The number of pyridine rings is 1. The molecule has 0 spiro atoms. The minimum Gasteiger partial charge on any atom is -0.320 e. The minimum atomic E-state index is -3.46. The van der Waals surface area contributed by atoms with Gasteiger partial charge in [0.1, 0.15) is 11.6 Å². The Hall–Kier alpha value is -2.74. The molecule has 2 heterocycles. The summed E-state index contributed by atoms with van der Waals surface area (Å²) in [7, 11) is -3.46. The molecule has 3 rings (SSSR count). The van der Waals surface area contributed by atoms with E-state index in [1.54, 1.807) is 29.7 Å². The summed E-state index contributed by atoms with van der Waals surface area (Å²) in [5.74, 6) is -1.08. The fourth-order valence-electron chi connectivity index (χ4n) is 2.62. The third-order valence-corrected chi connectivity index (χ3v) is 4.53. The van der Waals surface area contributed by atoms with Crippen LogP contribution < -0.4 is 5.32 Å². The average molecular weight is 361 g/mol. The Morgan fingerprint density at radius 2 is 2.00 bits per heavy atom. The zero-order valence-electron chi connectivity index (χ0n) is 13.7. The number of anilines is 1. The number of amides is 1. The molecular weight excluding hydrogens is 345 g/mol. The molecule has 0 aliphatic heterocycles. The molecule has 130 valence electrons. The van der Waals surface area contributed by atoms with E-state index in [-0.39, 0.29) is 16.9 Å². The maximum atomic E-state index is 14.1. The van der Waals surface area contributed by atoms with Gasteiger partial charge in [0, 0.05) is 23.7 Å². The minimum absolute atomic E-state index is 0.0708. The number of halogens is 1. The third kappa shape index (κ3) is 3.53. The SMILES string of the molecule is Cc1nc(C(=O)Nc2cccc(F)c2CS(C)(=O)=O)c2ccccn12. The summed E-state index contributed by atoms with van der Waals surface area (Å²) in [5, 5.41) is 2.58. The number of hydrogen-bond acceptors (Lipinski definition) is 4. The largest absolute Gasteiger partial charge is 0.320 e. The van der Waals surface area contributed by atoms with Crippen LogP contribution in [0.1, 0.15) is 21.9 Å². The number of hydrogen-bond donors (Lipinski definition) is 1. The molecule has 0 atom stereocenters. The number of nitrogens with zero attached hydrogens (tertiary/aromatic N) is 2. The summed E-state index contributed by atoms with van der Waals surface area (Å²) in [5.41, 5.74) is 0.843. The molecule has 0 aliphatic carbocycles. The number of fused-ring (bicyclic) bond motifs is 1. The summed E-state index contributed by atoms with van der Waals surface area (Å²) in [6.45, 7) is 1.76. The Kier molecular flexibility index (Phi) is 4.30. The quantitative estimate of drug-likeness (QED) is 0.774. The predicted molar refractivity (Wildman–Crippen MR) is 92.8 cm³/mol. The second-order valence-corrected chi connectivity index (χ2v) is 7.89. The van der Waals surface area contributed by atoms with Crippen molar-refractivity contribution < 1.29 is 17.6 Å². The van der Waals surface area contributed by atoms with Crippen molar-refractivity contribution in [3.05, 3.63) is 65.5 Å². The fourth-order valence-corrected chi connectivity index (χ4v) is 3.44. The molecule has 25 heavy (non-hydrogen) atoms. The monoisotopic (exact) mass is 361 g/mol. The van der Waals surface area contributed by atoms with Gasteiger partial charge in [-0.15, -0.1) is 0 Å². The smallest absolute Gasteiger partial charge is 0.276 e. The highest BCUT2D eigenvalue weighted by Crippen LogP contribution is 2.23. The van der Waals surface area contributed by atoms with Gasteiger partial charge in [0.2, 0.25) is 0 Å². The lowest BCUT2D eigenvalue weighted by Crippen LogP contribution is -2.16. The number of sulfone groups is 1. The second kappa shape index (κ2) is 6.29. The first-order chi connectivity index (χ1) is 11.8. The molecule has 1 aromatic carbocycles. The van der Waals surface area contributed by atoms with Gasteiger partial charge in [-0.05, 0) is 31.2 Å². The van der Waals surface area contributed by atoms with Gasteiger partial charge in [-0.25, -0.2) is 17.8 Å². The van der Waals surface area contributed by atoms with Crippen molar-refractivity contribution >= 4 is 26.9 Å². The number of nitrogens with one attached hydrogen (secondary N) is 1. The molecule has 0 aliphatic rings. The summed E-state index contributed by atoms with van der Waals surface area (Å²) < 4.78 is 38.9. The molecule has 8 heteroatoms. The van der Waals surface area contributed by atoms with Gasteiger partial charge in [0.15, 0.2) is 15.5 Å². The summed E-state index contributed by atoms with van der Waals surface area (Å²) >= 11 is 0. The Labute approximate surface area is 144 Å². The van der Waals surface area contributed by atoms with Crippen molar-refractivity contribution in [3.8, 4) is 0 Å². The van der Waals surface area contributed by atoms with Crippen molar-refractivity contribution in [2.45, 2.75) is 12.7 Å². The number of aromatic nitrogens is 2. The number of carbonyl (C=O) groups is 1. The molecule has 0 fully saturated rings. The third-order valence-electron chi connectivity index (χ3n) is 3.71. The van der Waals surface area contributed by atoms with Gasteiger partial charge in [0.05, 0.1) is 11.3 Å². The van der Waals surface area contributed by atoms with Crippen molar-refractivity contribution in [2.75, 3.05) is 11.6 Å². The van der Waals surface area contributed by atoms with E-state index in [9.17, 15) is 17.6 Å². The van der Waals surface area contributed by atoms with Crippen molar-refractivity contribution in [2.24, 2.45) is 0 Å². The van der Waals surface area contributed by atoms with Crippen LogP contribution in [0.2, 0.25) is 0 Å². The number of imidazole rings is 1. The van der Waals surface area contributed by atoms with E-state index < -0.39 is 27.3 Å². The molecule has 2 aromatic heterocycles. The van der Waals surface area contributed by atoms with Gasteiger partial charge in [-0.3, -0.25) is 4.79 Å². The van der Waals surface area contributed by atoms with Crippen molar-refractivity contribution in [1.29, 1.82) is 0 Å². The van der Waals surface area contributed by atoms with Crippen molar-refractivity contribution in [3.63, 3.8) is 0 Å². The van der Waals surface area contributed by atoms with Crippen LogP contribution in [0.5, 0.6) is 0 Å². The topological polar surface area (TPSA) is 80.5 Å². The molecule has 0 unspecified atom stereocenters. The first-order valence-electron chi connectivity index (χ1n) is 7.46. The van der Waals surface area contributed by atoms with Gasteiger partial charge in [-0.1, -0.05) is 12.1 Å². The maximum Gasteiger partial charge on any atom is 0.276 e. The van der Waals surface area contributed by atoms with Crippen LogP contribution in [0.4, 0.5) is 10.1 Å². The summed E-state index contributed by atoms with van der Waals surface area (Å²) in [6, 6.07) is 9.38. The standard InChI is InChI=1S/C17H16FN3O3S/c1-11-19-16(15-8-3-4-9-21(11)15)17(22)20-14-7-5-6-13(18)12(14)10-25(2,23)24/h3-9H,10H2,1-2H3,(H,20,22). The predicted octanol–water partition coefficient (Wildman–Crippen LogP) is 2.58. The van der Waals surface area contributed by atoms with E-state index in [1.165, 1.54) is 12.1 Å². The van der Waals surface area contributed by atoms with E-state index in [0.29, 0.717) is 11.3 Å². The maximum absolute atomic E-state index is 14.1. The number of carbonyl (C=O) groups excluding carboxylic acids is 1. The number of rotatable bonds is 4. The van der Waals surface area contributed by atoms with E-state index in [2.05, 4.69) is 10.3 Å². The van der Waals surface area contributed by atoms with Crippen LogP contribution in [0.25, 0.3) is 5.52 Å². The zero-order valence-corrected chi connectivity index (χ0v) is 14.5. The molecular formula is C17H16FN3O3S. The highest BCUT2D eigenvalue weighted by molar-refractivity contribution is 7.89. The van der Waals surface area contributed by atoms with Crippen molar-refractivity contribution in [1.82, 2.24) is 9.38 Å². The molecule has 1 N–H and O–H groups in total. The molecule has 0 saturated carbocycles. The Bertz CT molecular complexity index is 1070. The van der Waals surface area contributed by atoms with Gasteiger partial charge >= 0.3 is 0 Å². The number of benzene rings is 1. The molecule has 6 nitrogen and oxygen atoms in total. The normalized spacial score (nSPS) is 11.6. The molecule has 1 amide bonds. The molecule has 0 bridgehead atoms. The Balaban J connectivity index is 2.00.